The highest BCUT2D eigenvalue weighted by atomic mass is 16.5. The van der Waals surface area contributed by atoms with Crippen molar-refractivity contribution in [2.75, 3.05) is 64.4 Å². The first-order chi connectivity index (χ1) is 15.5. The number of amides is 3. The van der Waals surface area contributed by atoms with Crippen LogP contribution < -0.4 is 10.2 Å². The molecule has 2 fully saturated rings. The van der Waals surface area contributed by atoms with Gasteiger partial charge >= 0.3 is 0 Å². The number of benzene rings is 1. The van der Waals surface area contributed by atoms with Gasteiger partial charge in [0.25, 0.3) is 0 Å². The summed E-state index contributed by atoms with van der Waals surface area (Å²) in [5.74, 6) is -0.176. The average molecular weight is 445 g/mol. The number of hydrogen-bond acceptors (Lipinski definition) is 5. The predicted molar refractivity (Wildman–Crippen MR) is 123 cm³/mol. The molecule has 0 spiro atoms. The number of nitrogens with one attached hydrogen (secondary N) is 1. The van der Waals surface area contributed by atoms with Crippen LogP contribution in [0.15, 0.2) is 24.3 Å². The molecule has 0 bridgehead atoms. The number of carbonyl (C=O) groups is 3. The molecule has 32 heavy (non-hydrogen) atoms. The zero-order chi connectivity index (χ0) is 22.9. The van der Waals surface area contributed by atoms with E-state index in [9.17, 15) is 14.4 Å². The number of nitrogens with zero attached hydrogens (tertiary/aromatic N) is 3. The second-order valence-corrected chi connectivity index (χ2v) is 8.69. The van der Waals surface area contributed by atoms with E-state index >= 15 is 0 Å². The summed E-state index contributed by atoms with van der Waals surface area (Å²) in [7, 11) is 1.49. The van der Waals surface area contributed by atoms with Crippen molar-refractivity contribution in [1.29, 1.82) is 0 Å². The molecule has 8 heteroatoms. The zero-order valence-corrected chi connectivity index (χ0v) is 19.3. The van der Waals surface area contributed by atoms with E-state index in [0.29, 0.717) is 45.6 Å². The minimum absolute atomic E-state index is 0.00912. The van der Waals surface area contributed by atoms with Crippen molar-refractivity contribution < 1.29 is 19.1 Å². The summed E-state index contributed by atoms with van der Waals surface area (Å²) >= 11 is 0. The Balaban J connectivity index is 1.57. The van der Waals surface area contributed by atoms with Gasteiger partial charge in [-0.05, 0) is 43.9 Å². The molecule has 1 atom stereocenters. The molecule has 3 amide bonds. The fourth-order valence-corrected chi connectivity index (χ4v) is 4.47. The highest BCUT2D eigenvalue weighted by Crippen LogP contribution is 2.21. The molecule has 0 aromatic heterocycles. The molecule has 1 N–H and O–H groups in total. The van der Waals surface area contributed by atoms with Crippen molar-refractivity contribution in [1.82, 2.24) is 15.1 Å². The highest BCUT2D eigenvalue weighted by Gasteiger charge is 2.28. The van der Waals surface area contributed by atoms with Gasteiger partial charge in [-0.2, -0.15) is 0 Å². The van der Waals surface area contributed by atoms with Gasteiger partial charge in [-0.15, -0.1) is 0 Å². The molecule has 2 aliphatic heterocycles. The van der Waals surface area contributed by atoms with Crippen molar-refractivity contribution in [3.63, 3.8) is 0 Å². The zero-order valence-electron chi connectivity index (χ0n) is 19.3. The molecule has 0 radical (unpaired) electrons. The Hall–Kier alpha value is -2.61. The number of aryl methyl sites for hydroxylation is 1. The van der Waals surface area contributed by atoms with Gasteiger partial charge in [0.05, 0.1) is 0 Å². The molecular formula is C24H36N4O4. The minimum Gasteiger partial charge on any atom is -0.375 e. The van der Waals surface area contributed by atoms with E-state index in [1.54, 1.807) is 4.90 Å². The van der Waals surface area contributed by atoms with Gasteiger partial charge < -0.3 is 24.8 Å². The van der Waals surface area contributed by atoms with E-state index in [-0.39, 0.29) is 36.7 Å². The minimum atomic E-state index is -0.140. The molecule has 0 aliphatic carbocycles. The lowest BCUT2D eigenvalue weighted by atomic mass is 9.97. The lowest BCUT2D eigenvalue weighted by molar-refractivity contribution is -0.136. The monoisotopic (exact) mass is 444 g/mol. The van der Waals surface area contributed by atoms with Gasteiger partial charge in [-0.3, -0.25) is 14.4 Å². The predicted octanol–water partition coefficient (Wildman–Crippen LogP) is 1.43. The van der Waals surface area contributed by atoms with Crippen molar-refractivity contribution in [2.24, 2.45) is 5.92 Å². The lowest BCUT2D eigenvalue weighted by Gasteiger charge is -2.38. The molecule has 176 valence electrons. The first kappa shape index (κ1) is 24.0. The molecular weight excluding hydrogens is 408 g/mol. The Bertz CT molecular complexity index is 792. The quantitative estimate of drug-likeness (QED) is 0.760. The Morgan fingerprint density at radius 2 is 1.84 bits per heavy atom. The van der Waals surface area contributed by atoms with Crippen LogP contribution in [0.2, 0.25) is 0 Å². The van der Waals surface area contributed by atoms with Crippen molar-refractivity contribution in [2.45, 2.75) is 32.6 Å². The summed E-state index contributed by atoms with van der Waals surface area (Å²) in [5, 5.41) is 2.91. The summed E-state index contributed by atoms with van der Waals surface area (Å²) in [5.41, 5.74) is 2.44. The summed E-state index contributed by atoms with van der Waals surface area (Å²) < 4.78 is 4.97. The van der Waals surface area contributed by atoms with Crippen LogP contribution in [0.1, 0.15) is 31.2 Å². The standard InChI is InChI=1S/C24H36N4O4/c1-19-5-3-7-21(17-19)26-13-15-28(16-14-26)24(31)20-6-4-11-27(23(30)18-32-2)12-9-22(29)25-10-8-20/h3,5,7,17,20H,4,6,8-16,18H2,1-2H3,(H,25,29). The van der Waals surface area contributed by atoms with Crippen molar-refractivity contribution in [3.8, 4) is 0 Å². The Morgan fingerprint density at radius 3 is 2.56 bits per heavy atom. The van der Waals surface area contributed by atoms with Crippen LogP contribution in [-0.4, -0.2) is 87.1 Å². The Morgan fingerprint density at radius 1 is 1.06 bits per heavy atom. The summed E-state index contributed by atoms with van der Waals surface area (Å²) in [6.45, 7) is 6.55. The summed E-state index contributed by atoms with van der Waals surface area (Å²) in [4.78, 5) is 43.7. The smallest absolute Gasteiger partial charge is 0.248 e. The van der Waals surface area contributed by atoms with Crippen molar-refractivity contribution in [3.05, 3.63) is 29.8 Å². The van der Waals surface area contributed by atoms with Gasteiger partial charge in [0.2, 0.25) is 17.7 Å². The van der Waals surface area contributed by atoms with Gasteiger partial charge in [0.15, 0.2) is 0 Å². The van der Waals surface area contributed by atoms with Gasteiger partial charge in [0, 0.05) is 70.9 Å². The number of hydrogen-bond donors (Lipinski definition) is 1. The molecule has 2 heterocycles. The van der Waals surface area contributed by atoms with Crippen molar-refractivity contribution >= 4 is 23.4 Å². The van der Waals surface area contributed by atoms with E-state index in [2.05, 4.69) is 41.4 Å². The van der Waals surface area contributed by atoms with E-state index in [1.807, 2.05) is 4.90 Å². The first-order valence-electron chi connectivity index (χ1n) is 11.6. The van der Waals surface area contributed by atoms with Gasteiger partial charge in [-0.1, -0.05) is 12.1 Å². The van der Waals surface area contributed by atoms with E-state index < -0.39 is 0 Å². The van der Waals surface area contributed by atoms with Crippen LogP contribution in [0.5, 0.6) is 0 Å². The Kier molecular flexibility index (Phi) is 8.90. The lowest BCUT2D eigenvalue weighted by Crippen LogP contribution is -2.50. The third-order valence-corrected chi connectivity index (χ3v) is 6.33. The van der Waals surface area contributed by atoms with Crippen LogP contribution in [0, 0.1) is 12.8 Å². The molecule has 2 saturated heterocycles. The second kappa shape index (κ2) is 11.9. The number of methoxy groups -OCH3 is 1. The molecule has 1 unspecified atom stereocenters. The number of ether oxygens (including phenoxy) is 1. The van der Waals surface area contributed by atoms with Crippen LogP contribution in [-0.2, 0) is 19.1 Å². The Labute approximate surface area is 190 Å². The maximum atomic E-state index is 13.3. The van der Waals surface area contributed by atoms with Crippen LogP contribution in [0.3, 0.4) is 0 Å². The number of anilines is 1. The van der Waals surface area contributed by atoms with Crippen LogP contribution >= 0.6 is 0 Å². The normalized spacial score (nSPS) is 21.0. The molecule has 0 saturated carbocycles. The third-order valence-electron chi connectivity index (χ3n) is 6.33. The van der Waals surface area contributed by atoms with Gasteiger partial charge in [0.1, 0.15) is 6.61 Å². The van der Waals surface area contributed by atoms with E-state index in [1.165, 1.54) is 18.4 Å². The van der Waals surface area contributed by atoms with Crippen LogP contribution in [0.25, 0.3) is 0 Å². The topological polar surface area (TPSA) is 82.2 Å². The number of rotatable bonds is 4. The van der Waals surface area contributed by atoms with Gasteiger partial charge in [-0.25, -0.2) is 0 Å². The SMILES string of the molecule is COCC(=O)N1CCCC(C(=O)N2CCN(c3cccc(C)c3)CC2)CCNC(=O)CC1. The van der Waals surface area contributed by atoms with E-state index in [0.717, 1.165) is 19.5 Å². The second-order valence-electron chi connectivity index (χ2n) is 8.69. The summed E-state index contributed by atoms with van der Waals surface area (Å²) in [6, 6.07) is 8.46. The third kappa shape index (κ3) is 6.69. The molecule has 2 aliphatic rings. The summed E-state index contributed by atoms with van der Waals surface area (Å²) in [6.07, 6.45) is 2.36. The maximum Gasteiger partial charge on any atom is 0.248 e. The highest BCUT2D eigenvalue weighted by molar-refractivity contribution is 5.81. The molecule has 3 rings (SSSR count). The molecule has 1 aromatic carbocycles. The number of carbonyl (C=O) groups excluding carboxylic acids is 3. The first-order valence-corrected chi connectivity index (χ1v) is 11.6. The fraction of sp³-hybridized carbons (Fsp3) is 0.625. The van der Waals surface area contributed by atoms with E-state index in [4.69, 9.17) is 4.74 Å². The fourth-order valence-electron chi connectivity index (χ4n) is 4.47. The number of piperazine rings is 1. The maximum absolute atomic E-state index is 13.3. The van der Waals surface area contributed by atoms with Crippen LogP contribution in [0.4, 0.5) is 5.69 Å². The largest absolute Gasteiger partial charge is 0.375 e. The average Bonchev–Trinajstić information content (AvgIpc) is 2.83. The molecule has 1 aromatic rings. The molecule has 8 nitrogen and oxygen atoms in total.